The number of benzene rings is 1. The second kappa shape index (κ2) is 5.14. The van der Waals surface area contributed by atoms with Crippen LogP contribution in [0.2, 0.25) is 0 Å². The summed E-state index contributed by atoms with van der Waals surface area (Å²) in [4.78, 5) is 4.41. The minimum atomic E-state index is 0.235. The van der Waals surface area contributed by atoms with Crippen molar-refractivity contribution in [1.29, 1.82) is 0 Å². The second-order valence-electron chi connectivity index (χ2n) is 5.34. The fourth-order valence-electron chi connectivity index (χ4n) is 2.95. The molecule has 0 aliphatic heterocycles. The van der Waals surface area contributed by atoms with Crippen LogP contribution < -0.4 is 5.32 Å². The Morgan fingerprint density at radius 3 is 2.58 bits per heavy atom. The molecule has 0 saturated carbocycles. The van der Waals surface area contributed by atoms with Crippen LogP contribution >= 0.6 is 0 Å². The van der Waals surface area contributed by atoms with Crippen LogP contribution in [-0.2, 0) is 12.8 Å². The zero-order chi connectivity index (χ0) is 13.2. The van der Waals surface area contributed by atoms with Gasteiger partial charge in [0.05, 0.1) is 6.04 Å². The van der Waals surface area contributed by atoms with E-state index in [1.165, 1.54) is 41.5 Å². The summed E-state index contributed by atoms with van der Waals surface area (Å²) in [7, 11) is 2.01. The number of aromatic nitrogens is 1. The van der Waals surface area contributed by atoms with E-state index in [0.29, 0.717) is 0 Å². The normalized spacial score (nSPS) is 15.3. The third-order valence-corrected chi connectivity index (χ3v) is 4.01. The van der Waals surface area contributed by atoms with E-state index < -0.39 is 0 Å². The van der Waals surface area contributed by atoms with Gasteiger partial charge in [0, 0.05) is 11.9 Å². The predicted octanol–water partition coefficient (Wildman–Crippen LogP) is 3.19. The molecule has 0 radical (unpaired) electrons. The summed E-state index contributed by atoms with van der Waals surface area (Å²) in [6.45, 7) is 2.02. The van der Waals surface area contributed by atoms with Crippen LogP contribution in [0, 0.1) is 6.92 Å². The van der Waals surface area contributed by atoms with E-state index in [-0.39, 0.29) is 6.04 Å². The molecule has 1 atom stereocenters. The lowest BCUT2D eigenvalue weighted by Crippen LogP contribution is -2.18. The first-order valence-corrected chi connectivity index (χ1v) is 6.99. The van der Waals surface area contributed by atoms with Crippen molar-refractivity contribution < 1.29 is 0 Å². The van der Waals surface area contributed by atoms with Crippen molar-refractivity contribution in [3.05, 3.63) is 64.5 Å². The van der Waals surface area contributed by atoms with E-state index in [0.717, 1.165) is 5.69 Å². The number of nitrogens with zero attached hydrogens (tertiary/aromatic N) is 1. The largest absolute Gasteiger partial charge is 0.309 e. The Morgan fingerprint density at radius 1 is 1.05 bits per heavy atom. The van der Waals surface area contributed by atoms with Crippen molar-refractivity contribution in [2.24, 2.45) is 0 Å². The number of hydrogen-bond donors (Lipinski definition) is 1. The maximum Gasteiger partial charge on any atom is 0.0589 e. The molecule has 1 heterocycles. The van der Waals surface area contributed by atoms with Crippen LogP contribution in [0.5, 0.6) is 0 Å². The summed E-state index contributed by atoms with van der Waals surface area (Å²) in [5.74, 6) is 0. The minimum absolute atomic E-state index is 0.235. The lowest BCUT2D eigenvalue weighted by molar-refractivity contribution is 0.687. The number of rotatable bonds is 3. The van der Waals surface area contributed by atoms with Gasteiger partial charge in [0.15, 0.2) is 0 Å². The van der Waals surface area contributed by atoms with Gasteiger partial charge in [0.2, 0.25) is 0 Å². The molecule has 1 aromatic carbocycles. The van der Waals surface area contributed by atoms with Crippen molar-refractivity contribution >= 4 is 0 Å². The molecule has 98 valence electrons. The summed E-state index contributed by atoms with van der Waals surface area (Å²) < 4.78 is 0. The quantitative estimate of drug-likeness (QED) is 0.907. The van der Waals surface area contributed by atoms with Crippen molar-refractivity contribution in [1.82, 2.24) is 10.3 Å². The summed E-state index contributed by atoms with van der Waals surface area (Å²) in [5.41, 5.74) is 6.69. The summed E-state index contributed by atoms with van der Waals surface area (Å²) in [6.07, 6.45) is 5.75. The van der Waals surface area contributed by atoms with Gasteiger partial charge in [-0.1, -0.05) is 24.3 Å². The Kier molecular flexibility index (Phi) is 3.34. The molecule has 1 aliphatic rings. The number of nitrogens with one attached hydrogen (secondary N) is 1. The van der Waals surface area contributed by atoms with Gasteiger partial charge in [0.25, 0.3) is 0 Å². The number of fused-ring (bicyclic) bond motifs is 1. The standard InChI is InChI=1S/C17H20N2/c1-12-6-7-16(11-19-12)17(18-2)15-9-8-13-4-3-5-14(13)10-15/h6-11,17-18H,3-5H2,1-2H3. The Balaban J connectivity index is 1.96. The van der Waals surface area contributed by atoms with Gasteiger partial charge in [0.1, 0.15) is 0 Å². The molecule has 1 N–H and O–H groups in total. The van der Waals surface area contributed by atoms with Crippen LogP contribution in [0.1, 0.15) is 40.4 Å². The van der Waals surface area contributed by atoms with Gasteiger partial charge in [-0.15, -0.1) is 0 Å². The first-order chi connectivity index (χ1) is 9.28. The highest BCUT2D eigenvalue weighted by Crippen LogP contribution is 2.28. The highest BCUT2D eigenvalue weighted by atomic mass is 14.9. The van der Waals surface area contributed by atoms with E-state index in [1.807, 2.05) is 20.2 Å². The zero-order valence-electron chi connectivity index (χ0n) is 11.6. The molecule has 0 saturated heterocycles. The average molecular weight is 252 g/mol. The van der Waals surface area contributed by atoms with E-state index in [9.17, 15) is 0 Å². The number of hydrogen-bond acceptors (Lipinski definition) is 2. The molecular weight excluding hydrogens is 232 g/mol. The molecule has 2 heteroatoms. The molecule has 0 fully saturated rings. The van der Waals surface area contributed by atoms with E-state index >= 15 is 0 Å². The highest BCUT2D eigenvalue weighted by molar-refractivity contribution is 5.39. The van der Waals surface area contributed by atoms with Gasteiger partial charge in [-0.05, 0) is 61.6 Å². The summed E-state index contributed by atoms with van der Waals surface area (Å²) in [6, 6.07) is 11.4. The van der Waals surface area contributed by atoms with E-state index in [1.54, 1.807) is 0 Å². The maximum atomic E-state index is 4.41. The van der Waals surface area contributed by atoms with Gasteiger partial charge < -0.3 is 5.32 Å². The summed E-state index contributed by atoms with van der Waals surface area (Å²) in [5, 5.41) is 3.41. The molecular formula is C17H20N2. The number of pyridine rings is 1. The fraction of sp³-hybridized carbons (Fsp3) is 0.353. The van der Waals surface area contributed by atoms with Crippen LogP contribution in [0.4, 0.5) is 0 Å². The van der Waals surface area contributed by atoms with Crippen LogP contribution in [0.25, 0.3) is 0 Å². The van der Waals surface area contributed by atoms with Gasteiger partial charge in [-0.25, -0.2) is 0 Å². The SMILES string of the molecule is CNC(c1ccc(C)nc1)c1ccc2c(c1)CCC2. The molecule has 0 amide bonds. The fourth-order valence-corrected chi connectivity index (χ4v) is 2.95. The lowest BCUT2D eigenvalue weighted by atomic mass is 9.96. The van der Waals surface area contributed by atoms with Gasteiger partial charge in [-0.2, -0.15) is 0 Å². The Bertz CT molecular complexity index is 572. The summed E-state index contributed by atoms with van der Waals surface area (Å²) >= 11 is 0. The van der Waals surface area contributed by atoms with E-state index in [2.05, 4.69) is 40.6 Å². The highest BCUT2D eigenvalue weighted by Gasteiger charge is 2.16. The van der Waals surface area contributed by atoms with Crippen LogP contribution in [-0.4, -0.2) is 12.0 Å². The second-order valence-corrected chi connectivity index (χ2v) is 5.34. The zero-order valence-corrected chi connectivity index (χ0v) is 11.6. The Morgan fingerprint density at radius 2 is 1.84 bits per heavy atom. The van der Waals surface area contributed by atoms with Crippen molar-refractivity contribution in [3.8, 4) is 0 Å². The molecule has 1 aromatic heterocycles. The van der Waals surface area contributed by atoms with Crippen molar-refractivity contribution in [2.45, 2.75) is 32.2 Å². The van der Waals surface area contributed by atoms with Crippen LogP contribution in [0.15, 0.2) is 36.5 Å². The first kappa shape index (κ1) is 12.4. The van der Waals surface area contributed by atoms with E-state index in [4.69, 9.17) is 0 Å². The lowest BCUT2D eigenvalue weighted by Gasteiger charge is -2.18. The van der Waals surface area contributed by atoms with Crippen LogP contribution in [0.3, 0.4) is 0 Å². The Labute approximate surface area is 114 Å². The maximum absolute atomic E-state index is 4.41. The average Bonchev–Trinajstić information content (AvgIpc) is 2.89. The number of aryl methyl sites for hydroxylation is 3. The molecule has 2 aromatic rings. The smallest absolute Gasteiger partial charge is 0.0589 e. The molecule has 3 rings (SSSR count). The predicted molar refractivity (Wildman–Crippen MR) is 78.3 cm³/mol. The topological polar surface area (TPSA) is 24.9 Å². The first-order valence-electron chi connectivity index (χ1n) is 6.99. The van der Waals surface area contributed by atoms with Crippen molar-refractivity contribution in [3.63, 3.8) is 0 Å². The molecule has 2 nitrogen and oxygen atoms in total. The minimum Gasteiger partial charge on any atom is -0.309 e. The monoisotopic (exact) mass is 252 g/mol. The molecule has 1 unspecified atom stereocenters. The molecule has 0 spiro atoms. The molecule has 0 bridgehead atoms. The van der Waals surface area contributed by atoms with Crippen molar-refractivity contribution in [2.75, 3.05) is 7.05 Å². The third-order valence-electron chi connectivity index (χ3n) is 4.01. The Hall–Kier alpha value is -1.67. The third kappa shape index (κ3) is 2.41. The van der Waals surface area contributed by atoms with Gasteiger partial charge in [-0.3, -0.25) is 4.98 Å². The van der Waals surface area contributed by atoms with Gasteiger partial charge >= 0.3 is 0 Å². The molecule has 19 heavy (non-hydrogen) atoms. The molecule has 1 aliphatic carbocycles.